The number of carbonyl (C=O) groups excluding carboxylic acids is 1. The normalized spacial score (nSPS) is 15.3. The van der Waals surface area contributed by atoms with Crippen molar-refractivity contribution in [2.45, 2.75) is 37.7 Å². The van der Waals surface area contributed by atoms with E-state index in [0.717, 1.165) is 27.7 Å². The molecule has 1 heterocycles. The number of carbonyl (C=O) groups is 1. The number of allylic oxidation sites excluding steroid dienone is 1. The molecule has 0 atom stereocenters. The van der Waals surface area contributed by atoms with E-state index in [2.05, 4.69) is 18.5 Å². The first-order valence-electron chi connectivity index (χ1n) is 6.07. The summed E-state index contributed by atoms with van der Waals surface area (Å²) in [6, 6.07) is 1.99. The molecule has 18 heavy (non-hydrogen) atoms. The van der Waals surface area contributed by atoms with Crippen LogP contribution >= 0.6 is 11.8 Å². The van der Waals surface area contributed by atoms with Gasteiger partial charge < -0.3 is 4.74 Å². The molecule has 0 amide bonds. The van der Waals surface area contributed by atoms with Crippen molar-refractivity contribution in [1.82, 2.24) is 4.98 Å². The number of aromatic nitrogens is 1. The number of Topliss-reactive ketones (excluding diaryl/α,β-unsaturated/α-hetero) is 1. The van der Waals surface area contributed by atoms with E-state index in [-0.39, 0.29) is 11.9 Å². The molecular formula is C14H17NO2S. The predicted molar refractivity (Wildman–Crippen MR) is 74.0 cm³/mol. The van der Waals surface area contributed by atoms with Crippen molar-refractivity contribution >= 4 is 23.1 Å². The summed E-state index contributed by atoms with van der Waals surface area (Å²) in [5.41, 5.74) is 1.88. The molecule has 96 valence electrons. The van der Waals surface area contributed by atoms with Gasteiger partial charge in [-0.15, -0.1) is 11.8 Å². The molecule has 0 N–H and O–H groups in total. The first kappa shape index (κ1) is 13.1. The lowest BCUT2D eigenvalue weighted by Gasteiger charge is -2.25. The Kier molecular flexibility index (Phi) is 4.07. The summed E-state index contributed by atoms with van der Waals surface area (Å²) >= 11 is 1.73. The lowest BCUT2D eigenvalue weighted by Crippen LogP contribution is -2.33. The van der Waals surface area contributed by atoms with Crippen molar-refractivity contribution in [2.24, 2.45) is 0 Å². The van der Waals surface area contributed by atoms with Crippen LogP contribution in [0.3, 0.4) is 0 Å². The summed E-state index contributed by atoms with van der Waals surface area (Å²) in [6.45, 7) is 7.99. The van der Waals surface area contributed by atoms with Crippen molar-refractivity contribution in [3.8, 4) is 5.75 Å². The van der Waals surface area contributed by atoms with Crippen molar-refractivity contribution < 1.29 is 9.53 Å². The fourth-order valence-corrected chi connectivity index (χ4v) is 2.68. The topological polar surface area (TPSA) is 39.2 Å². The molecule has 0 unspecified atom stereocenters. The Morgan fingerprint density at radius 3 is 2.89 bits per heavy atom. The maximum atomic E-state index is 10.9. The van der Waals surface area contributed by atoms with Crippen LogP contribution in [0.15, 0.2) is 23.7 Å². The van der Waals surface area contributed by atoms with Crippen molar-refractivity contribution in [1.29, 1.82) is 0 Å². The fraction of sp³-hybridized carbons (Fsp3) is 0.429. The zero-order chi connectivity index (χ0) is 13.1. The molecule has 0 aliphatic heterocycles. The van der Waals surface area contributed by atoms with Crippen LogP contribution < -0.4 is 4.74 Å². The number of thioether (sulfide) groups is 1. The second-order valence-electron chi connectivity index (χ2n) is 4.42. The minimum atomic E-state index is 0.0365. The molecule has 1 fully saturated rings. The Bertz CT molecular complexity index is 477. The van der Waals surface area contributed by atoms with Crippen LogP contribution in [0.25, 0.3) is 5.57 Å². The van der Waals surface area contributed by atoms with Gasteiger partial charge in [0, 0.05) is 17.7 Å². The molecule has 0 spiro atoms. The Morgan fingerprint density at radius 2 is 2.33 bits per heavy atom. The van der Waals surface area contributed by atoms with E-state index in [1.165, 1.54) is 0 Å². The summed E-state index contributed by atoms with van der Waals surface area (Å²) in [7, 11) is 0. The number of pyridine rings is 1. The van der Waals surface area contributed by atoms with E-state index in [9.17, 15) is 4.79 Å². The zero-order valence-corrected chi connectivity index (χ0v) is 11.5. The monoisotopic (exact) mass is 263 g/mol. The van der Waals surface area contributed by atoms with Gasteiger partial charge >= 0.3 is 0 Å². The third-order valence-electron chi connectivity index (χ3n) is 2.75. The van der Waals surface area contributed by atoms with Gasteiger partial charge in [-0.3, -0.25) is 9.78 Å². The standard InChI is InChI=1S/C14H17NO2S/c1-4-18-13-7-12(8-15-14(13)9(2)3)17-11-5-10(16)6-11/h7-8,11H,2,4-6H2,1,3H3. The fourth-order valence-electron chi connectivity index (χ4n) is 1.80. The Labute approximate surface area is 112 Å². The summed E-state index contributed by atoms with van der Waals surface area (Å²) in [5.74, 6) is 2.00. The zero-order valence-electron chi connectivity index (χ0n) is 10.7. The van der Waals surface area contributed by atoms with Gasteiger partial charge in [-0.2, -0.15) is 0 Å². The van der Waals surface area contributed by atoms with Crippen molar-refractivity contribution in [2.75, 3.05) is 5.75 Å². The van der Waals surface area contributed by atoms with Crippen LogP contribution in [0.2, 0.25) is 0 Å². The third kappa shape index (κ3) is 2.93. The highest BCUT2D eigenvalue weighted by atomic mass is 32.2. The first-order chi connectivity index (χ1) is 8.60. The average Bonchev–Trinajstić information content (AvgIpc) is 2.27. The van der Waals surface area contributed by atoms with E-state index < -0.39 is 0 Å². The molecule has 2 rings (SSSR count). The number of hydrogen-bond donors (Lipinski definition) is 0. The predicted octanol–water partition coefficient (Wildman–Crippen LogP) is 3.34. The molecule has 3 nitrogen and oxygen atoms in total. The molecule has 1 saturated carbocycles. The van der Waals surface area contributed by atoms with Gasteiger partial charge in [0.2, 0.25) is 0 Å². The Hall–Kier alpha value is -1.29. The third-order valence-corrected chi connectivity index (χ3v) is 3.66. The smallest absolute Gasteiger partial charge is 0.140 e. The van der Waals surface area contributed by atoms with Crippen LogP contribution in [0.1, 0.15) is 32.4 Å². The van der Waals surface area contributed by atoms with E-state index in [4.69, 9.17) is 4.74 Å². The molecule has 0 aromatic carbocycles. The van der Waals surface area contributed by atoms with E-state index >= 15 is 0 Å². The van der Waals surface area contributed by atoms with Crippen LogP contribution in [-0.2, 0) is 4.79 Å². The van der Waals surface area contributed by atoms with Gasteiger partial charge in [-0.05, 0) is 24.3 Å². The quantitative estimate of drug-likeness (QED) is 0.764. The number of hydrogen-bond acceptors (Lipinski definition) is 4. The molecule has 1 aliphatic carbocycles. The highest BCUT2D eigenvalue weighted by molar-refractivity contribution is 7.99. The van der Waals surface area contributed by atoms with Gasteiger partial charge in [-0.1, -0.05) is 13.5 Å². The van der Waals surface area contributed by atoms with Gasteiger partial charge in [0.25, 0.3) is 0 Å². The van der Waals surface area contributed by atoms with Crippen LogP contribution in [-0.4, -0.2) is 22.6 Å². The van der Waals surface area contributed by atoms with Gasteiger partial charge in [-0.25, -0.2) is 0 Å². The number of rotatable bonds is 5. The molecule has 0 bridgehead atoms. The molecule has 4 heteroatoms. The number of ether oxygens (including phenoxy) is 1. The second kappa shape index (κ2) is 5.57. The van der Waals surface area contributed by atoms with Crippen LogP contribution in [0.5, 0.6) is 5.75 Å². The van der Waals surface area contributed by atoms with Crippen molar-refractivity contribution in [3.63, 3.8) is 0 Å². The average molecular weight is 263 g/mol. The maximum Gasteiger partial charge on any atom is 0.140 e. The minimum absolute atomic E-state index is 0.0365. The van der Waals surface area contributed by atoms with E-state index in [0.29, 0.717) is 12.8 Å². The van der Waals surface area contributed by atoms with E-state index in [1.807, 2.05) is 13.0 Å². The summed E-state index contributed by atoms with van der Waals surface area (Å²) in [5, 5.41) is 0. The van der Waals surface area contributed by atoms with Crippen LogP contribution in [0, 0.1) is 0 Å². The molecular weight excluding hydrogens is 246 g/mol. The molecule has 1 aliphatic rings. The van der Waals surface area contributed by atoms with Gasteiger partial charge in [0.05, 0.1) is 11.9 Å². The van der Waals surface area contributed by atoms with Crippen LogP contribution in [0.4, 0.5) is 0 Å². The van der Waals surface area contributed by atoms with E-state index in [1.54, 1.807) is 18.0 Å². The summed E-state index contributed by atoms with van der Waals surface area (Å²) in [4.78, 5) is 16.4. The molecule has 1 aromatic rings. The van der Waals surface area contributed by atoms with Gasteiger partial charge in [0.15, 0.2) is 0 Å². The molecule has 1 aromatic heterocycles. The molecule has 0 saturated heterocycles. The lowest BCUT2D eigenvalue weighted by molar-refractivity contribution is -0.129. The van der Waals surface area contributed by atoms with Gasteiger partial charge in [0.1, 0.15) is 17.6 Å². The lowest BCUT2D eigenvalue weighted by atomic mass is 9.94. The summed E-state index contributed by atoms with van der Waals surface area (Å²) in [6.07, 6.45) is 2.80. The largest absolute Gasteiger partial charge is 0.488 e. The minimum Gasteiger partial charge on any atom is -0.488 e. The molecule has 0 radical (unpaired) electrons. The first-order valence-corrected chi connectivity index (χ1v) is 7.05. The summed E-state index contributed by atoms with van der Waals surface area (Å²) < 4.78 is 5.72. The van der Waals surface area contributed by atoms with Crippen molar-refractivity contribution in [3.05, 3.63) is 24.5 Å². The SMILES string of the molecule is C=C(C)c1ncc(OC2CC(=O)C2)cc1SCC. The number of ketones is 1. The Balaban J connectivity index is 2.14. The maximum absolute atomic E-state index is 10.9. The number of nitrogens with zero attached hydrogens (tertiary/aromatic N) is 1. The Morgan fingerprint density at radius 1 is 1.61 bits per heavy atom. The highest BCUT2D eigenvalue weighted by Gasteiger charge is 2.28. The highest BCUT2D eigenvalue weighted by Crippen LogP contribution is 2.30. The second-order valence-corrected chi connectivity index (χ2v) is 5.72.